The third-order valence-corrected chi connectivity index (χ3v) is 2.93. The van der Waals surface area contributed by atoms with Crippen molar-refractivity contribution in [2.24, 2.45) is 0 Å². The zero-order chi connectivity index (χ0) is 13.7. The number of nitrogens with one attached hydrogen (secondary N) is 2. The molecule has 2 unspecified atom stereocenters. The molecule has 1 aliphatic rings. The average Bonchev–Trinajstić information content (AvgIpc) is 2.36. The molecule has 1 fully saturated rings. The molecule has 104 valence electrons. The number of benzene rings is 1. The Kier molecular flexibility index (Phi) is 5.01. The number of hydrogen-bond donors (Lipinski definition) is 2. The first-order valence-electron chi connectivity index (χ1n) is 6.19. The molecule has 0 radical (unpaired) electrons. The van der Waals surface area contributed by atoms with Crippen molar-refractivity contribution < 1.29 is 14.3 Å². The van der Waals surface area contributed by atoms with E-state index in [-0.39, 0.29) is 18.8 Å². The van der Waals surface area contributed by atoms with Gasteiger partial charge < -0.3 is 14.8 Å². The first kappa shape index (κ1) is 14.1. The number of carbonyl (C=O) groups is 1. The number of amides is 1. The number of anilines is 1. The van der Waals surface area contributed by atoms with Gasteiger partial charge in [-0.1, -0.05) is 17.7 Å². The van der Waals surface area contributed by atoms with Gasteiger partial charge in [0.05, 0.1) is 6.10 Å². The van der Waals surface area contributed by atoms with Gasteiger partial charge in [-0.05, 0) is 25.1 Å². The third-order valence-electron chi connectivity index (χ3n) is 2.70. The maximum Gasteiger partial charge on any atom is 0.411 e. The average molecular weight is 285 g/mol. The molecule has 19 heavy (non-hydrogen) atoms. The van der Waals surface area contributed by atoms with Crippen molar-refractivity contribution in [2.45, 2.75) is 19.1 Å². The molecule has 1 aromatic rings. The summed E-state index contributed by atoms with van der Waals surface area (Å²) in [5.74, 6) is 0. The molecule has 5 nitrogen and oxygen atoms in total. The quantitative estimate of drug-likeness (QED) is 0.894. The monoisotopic (exact) mass is 284 g/mol. The fourth-order valence-electron chi connectivity index (χ4n) is 1.86. The number of hydrogen-bond acceptors (Lipinski definition) is 4. The topological polar surface area (TPSA) is 59.6 Å². The van der Waals surface area contributed by atoms with E-state index in [4.69, 9.17) is 21.1 Å². The molecule has 2 atom stereocenters. The normalized spacial score (nSPS) is 22.8. The predicted molar refractivity (Wildman–Crippen MR) is 73.6 cm³/mol. The highest BCUT2D eigenvalue weighted by Gasteiger charge is 2.20. The van der Waals surface area contributed by atoms with Gasteiger partial charge in [-0.2, -0.15) is 0 Å². The van der Waals surface area contributed by atoms with E-state index in [9.17, 15) is 4.79 Å². The van der Waals surface area contributed by atoms with Crippen LogP contribution in [-0.2, 0) is 9.47 Å². The molecule has 1 saturated heterocycles. The van der Waals surface area contributed by atoms with Crippen LogP contribution in [0.4, 0.5) is 10.5 Å². The van der Waals surface area contributed by atoms with Crippen molar-refractivity contribution in [2.75, 3.05) is 25.0 Å². The Balaban J connectivity index is 1.75. The fraction of sp³-hybridized carbons (Fsp3) is 0.462. The molecule has 1 amide bonds. The van der Waals surface area contributed by atoms with Crippen LogP contribution in [0.25, 0.3) is 0 Å². The molecule has 1 heterocycles. The highest BCUT2D eigenvalue weighted by Crippen LogP contribution is 2.15. The SMILES string of the molecule is CC1CNCC(COC(=O)Nc2cccc(Cl)c2)O1. The van der Waals surface area contributed by atoms with Crippen LogP contribution in [0.15, 0.2) is 24.3 Å². The summed E-state index contributed by atoms with van der Waals surface area (Å²) in [5.41, 5.74) is 0.605. The largest absolute Gasteiger partial charge is 0.446 e. The van der Waals surface area contributed by atoms with E-state index in [2.05, 4.69) is 10.6 Å². The lowest BCUT2D eigenvalue weighted by atomic mass is 10.2. The molecule has 0 saturated carbocycles. The first-order chi connectivity index (χ1) is 9.13. The summed E-state index contributed by atoms with van der Waals surface area (Å²) in [6.45, 7) is 3.72. The van der Waals surface area contributed by atoms with E-state index in [0.717, 1.165) is 6.54 Å². The molecular weight excluding hydrogens is 268 g/mol. The van der Waals surface area contributed by atoms with Crippen molar-refractivity contribution in [3.05, 3.63) is 29.3 Å². The smallest absolute Gasteiger partial charge is 0.411 e. The van der Waals surface area contributed by atoms with E-state index in [0.29, 0.717) is 17.3 Å². The Hall–Kier alpha value is -1.30. The second kappa shape index (κ2) is 6.75. The molecule has 0 aromatic heterocycles. The number of ether oxygens (including phenoxy) is 2. The Labute approximate surface area is 117 Å². The zero-order valence-corrected chi connectivity index (χ0v) is 11.4. The minimum absolute atomic E-state index is 0.103. The molecular formula is C13H17ClN2O3. The van der Waals surface area contributed by atoms with Crippen LogP contribution in [0, 0.1) is 0 Å². The summed E-state index contributed by atoms with van der Waals surface area (Å²) in [7, 11) is 0. The summed E-state index contributed by atoms with van der Waals surface area (Å²) in [5, 5.41) is 6.38. The van der Waals surface area contributed by atoms with Gasteiger partial charge in [-0.25, -0.2) is 4.79 Å². The molecule has 0 spiro atoms. The van der Waals surface area contributed by atoms with Gasteiger partial charge in [-0.3, -0.25) is 5.32 Å². The summed E-state index contributed by atoms with van der Waals surface area (Å²) in [4.78, 5) is 11.6. The van der Waals surface area contributed by atoms with Crippen molar-refractivity contribution in [3.8, 4) is 0 Å². The highest BCUT2D eigenvalue weighted by atomic mass is 35.5. The second-order valence-corrected chi connectivity index (χ2v) is 4.90. The van der Waals surface area contributed by atoms with Crippen LogP contribution >= 0.6 is 11.6 Å². The van der Waals surface area contributed by atoms with E-state index >= 15 is 0 Å². The summed E-state index contributed by atoms with van der Waals surface area (Å²) < 4.78 is 10.7. The lowest BCUT2D eigenvalue weighted by Gasteiger charge is -2.28. The van der Waals surface area contributed by atoms with Crippen LogP contribution in [0.5, 0.6) is 0 Å². The molecule has 0 aliphatic carbocycles. The van der Waals surface area contributed by atoms with Gasteiger partial charge in [0, 0.05) is 23.8 Å². The lowest BCUT2D eigenvalue weighted by Crippen LogP contribution is -2.45. The Morgan fingerprint density at radius 3 is 3.16 bits per heavy atom. The van der Waals surface area contributed by atoms with Crippen LogP contribution in [-0.4, -0.2) is 38.0 Å². The van der Waals surface area contributed by atoms with Gasteiger partial charge in [0.25, 0.3) is 0 Å². The molecule has 1 aliphatic heterocycles. The van der Waals surface area contributed by atoms with E-state index in [1.165, 1.54) is 0 Å². The maximum absolute atomic E-state index is 11.6. The van der Waals surface area contributed by atoms with Gasteiger partial charge in [0.15, 0.2) is 0 Å². The zero-order valence-electron chi connectivity index (χ0n) is 10.7. The molecule has 2 N–H and O–H groups in total. The van der Waals surface area contributed by atoms with Crippen LogP contribution in [0.2, 0.25) is 5.02 Å². The molecule has 6 heteroatoms. The summed E-state index contributed by atoms with van der Waals surface area (Å²) in [6, 6.07) is 6.90. The van der Waals surface area contributed by atoms with Crippen LogP contribution in [0.3, 0.4) is 0 Å². The van der Waals surface area contributed by atoms with Crippen molar-refractivity contribution in [3.63, 3.8) is 0 Å². The number of rotatable bonds is 3. The predicted octanol–water partition coefficient (Wildman–Crippen LogP) is 2.27. The lowest BCUT2D eigenvalue weighted by molar-refractivity contribution is -0.0533. The van der Waals surface area contributed by atoms with Crippen molar-refractivity contribution in [1.82, 2.24) is 5.32 Å². The van der Waals surface area contributed by atoms with Crippen LogP contribution < -0.4 is 10.6 Å². The highest BCUT2D eigenvalue weighted by molar-refractivity contribution is 6.30. The van der Waals surface area contributed by atoms with E-state index in [1.54, 1.807) is 24.3 Å². The Bertz CT molecular complexity index is 442. The van der Waals surface area contributed by atoms with Gasteiger partial charge in [0.2, 0.25) is 0 Å². The number of halogens is 1. The standard InChI is InChI=1S/C13H17ClN2O3/c1-9-6-15-7-12(19-9)8-18-13(17)16-11-4-2-3-10(14)5-11/h2-5,9,12,15H,6-8H2,1H3,(H,16,17). The minimum atomic E-state index is -0.510. The number of morpholine rings is 1. The van der Waals surface area contributed by atoms with E-state index in [1.807, 2.05) is 6.92 Å². The Morgan fingerprint density at radius 1 is 1.58 bits per heavy atom. The summed E-state index contributed by atoms with van der Waals surface area (Å²) >= 11 is 5.82. The number of carbonyl (C=O) groups excluding carboxylic acids is 1. The molecule has 0 bridgehead atoms. The van der Waals surface area contributed by atoms with Gasteiger partial charge in [-0.15, -0.1) is 0 Å². The first-order valence-corrected chi connectivity index (χ1v) is 6.57. The fourth-order valence-corrected chi connectivity index (χ4v) is 2.05. The second-order valence-electron chi connectivity index (χ2n) is 4.46. The van der Waals surface area contributed by atoms with Crippen molar-refractivity contribution in [1.29, 1.82) is 0 Å². The molecule has 2 rings (SSSR count). The summed E-state index contributed by atoms with van der Waals surface area (Å²) in [6.07, 6.45) is -0.476. The maximum atomic E-state index is 11.6. The van der Waals surface area contributed by atoms with E-state index < -0.39 is 6.09 Å². The minimum Gasteiger partial charge on any atom is -0.446 e. The van der Waals surface area contributed by atoms with Crippen molar-refractivity contribution >= 4 is 23.4 Å². The van der Waals surface area contributed by atoms with Gasteiger partial charge in [0.1, 0.15) is 12.7 Å². The van der Waals surface area contributed by atoms with Gasteiger partial charge >= 0.3 is 6.09 Å². The molecule has 1 aromatic carbocycles. The van der Waals surface area contributed by atoms with Crippen LogP contribution in [0.1, 0.15) is 6.92 Å². The Morgan fingerprint density at radius 2 is 2.42 bits per heavy atom. The third kappa shape index (κ3) is 4.70.